The van der Waals surface area contributed by atoms with Crippen LogP contribution >= 0.6 is 0 Å². The van der Waals surface area contributed by atoms with Gasteiger partial charge >= 0.3 is 0 Å². The predicted octanol–water partition coefficient (Wildman–Crippen LogP) is 1.59. The van der Waals surface area contributed by atoms with Gasteiger partial charge in [0.15, 0.2) is 0 Å². The number of hydrogen-bond donors (Lipinski definition) is 1. The average Bonchev–Trinajstić information content (AvgIpc) is 2.25. The van der Waals surface area contributed by atoms with Crippen molar-refractivity contribution < 1.29 is 13.9 Å². The second kappa shape index (κ2) is 6.14. The molecular formula is C11H14FNO2. The van der Waals surface area contributed by atoms with Crippen molar-refractivity contribution in [3.05, 3.63) is 35.6 Å². The molecule has 0 atom stereocenters. The summed E-state index contributed by atoms with van der Waals surface area (Å²) in [6, 6.07) is 5.91. The second-order valence-electron chi connectivity index (χ2n) is 3.08. The molecule has 0 saturated carbocycles. The Morgan fingerprint density at radius 3 is 2.87 bits per heavy atom. The number of amides is 1. The van der Waals surface area contributed by atoms with Crippen molar-refractivity contribution in [3.63, 3.8) is 0 Å². The van der Waals surface area contributed by atoms with Crippen LogP contribution in [0.25, 0.3) is 0 Å². The van der Waals surface area contributed by atoms with Crippen LogP contribution in [0.3, 0.4) is 0 Å². The first-order valence-corrected chi connectivity index (χ1v) is 4.77. The topological polar surface area (TPSA) is 38.3 Å². The van der Waals surface area contributed by atoms with E-state index in [1.54, 1.807) is 19.2 Å². The fourth-order valence-corrected chi connectivity index (χ4v) is 1.16. The summed E-state index contributed by atoms with van der Waals surface area (Å²) in [5, 5.41) is 2.62. The molecule has 0 aromatic heterocycles. The molecule has 0 bridgehead atoms. The minimum absolute atomic E-state index is 0.0786. The highest BCUT2D eigenvalue weighted by Gasteiger charge is 2.09. The van der Waals surface area contributed by atoms with Crippen LogP contribution in [0, 0.1) is 5.82 Å². The van der Waals surface area contributed by atoms with Crippen molar-refractivity contribution in [2.45, 2.75) is 6.42 Å². The molecule has 0 unspecified atom stereocenters. The zero-order valence-electron chi connectivity index (χ0n) is 8.63. The number of benzene rings is 1. The van der Waals surface area contributed by atoms with E-state index >= 15 is 0 Å². The highest BCUT2D eigenvalue weighted by Crippen LogP contribution is 2.05. The lowest BCUT2D eigenvalue weighted by molar-refractivity contribution is 0.0944. The number of hydrogen-bond acceptors (Lipinski definition) is 2. The first kappa shape index (κ1) is 11.7. The number of rotatable bonds is 5. The largest absolute Gasteiger partial charge is 0.385 e. The average molecular weight is 211 g/mol. The van der Waals surface area contributed by atoms with E-state index in [9.17, 15) is 9.18 Å². The lowest BCUT2D eigenvalue weighted by atomic mass is 10.2. The van der Waals surface area contributed by atoms with Gasteiger partial charge in [-0.15, -0.1) is 0 Å². The number of nitrogens with one attached hydrogen (secondary N) is 1. The Balaban J connectivity index is 2.44. The number of halogens is 1. The molecule has 82 valence electrons. The van der Waals surface area contributed by atoms with E-state index in [-0.39, 0.29) is 11.5 Å². The van der Waals surface area contributed by atoms with E-state index in [1.165, 1.54) is 12.1 Å². The zero-order chi connectivity index (χ0) is 11.1. The van der Waals surface area contributed by atoms with Crippen LogP contribution < -0.4 is 5.32 Å². The van der Waals surface area contributed by atoms with Crippen LogP contribution in [-0.4, -0.2) is 26.2 Å². The van der Waals surface area contributed by atoms with Gasteiger partial charge in [0.25, 0.3) is 5.91 Å². The second-order valence-corrected chi connectivity index (χ2v) is 3.08. The molecule has 1 rings (SSSR count). The summed E-state index contributed by atoms with van der Waals surface area (Å²) < 4.78 is 18.0. The Morgan fingerprint density at radius 2 is 2.20 bits per heavy atom. The van der Waals surface area contributed by atoms with E-state index in [2.05, 4.69) is 5.32 Å². The minimum Gasteiger partial charge on any atom is -0.385 e. The Hall–Kier alpha value is -1.42. The van der Waals surface area contributed by atoms with Gasteiger partial charge in [-0.25, -0.2) is 4.39 Å². The van der Waals surface area contributed by atoms with Crippen molar-refractivity contribution in [2.24, 2.45) is 0 Å². The first-order valence-electron chi connectivity index (χ1n) is 4.77. The van der Waals surface area contributed by atoms with Crippen LogP contribution in [0.4, 0.5) is 4.39 Å². The Morgan fingerprint density at radius 1 is 1.47 bits per heavy atom. The van der Waals surface area contributed by atoms with Gasteiger partial charge in [0.1, 0.15) is 5.82 Å². The van der Waals surface area contributed by atoms with Gasteiger partial charge in [-0.2, -0.15) is 0 Å². The maximum atomic E-state index is 13.1. The van der Waals surface area contributed by atoms with Crippen LogP contribution in [0.1, 0.15) is 16.8 Å². The SMILES string of the molecule is COCCCNC(=O)c1ccccc1F. The summed E-state index contributed by atoms with van der Waals surface area (Å²) in [4.78, 5) is 11.4. The molecule has 0 saturated heterocycles. The summed E-state index contributed by atoms with van der Waals surface area (Å²) in [5.41, 5.74) is 0.0786. The summed E-state index contributed by atoms with van der Waals surface area (Å²) in [6.45, 7) is 1.07. The molecule has 3 nitrogen and oxygen atoms in total. The number of methoxy groups -OCH3 is 1. The van der Waals surface area contributed by atoms with Crippen molar-refractivity contribution in [1.82, 2.24) is 5.32 Å². The van der Waals surface area contributed by atoms with E-state index in [0.29, 0.717) is 13.2 Å². The molecule has 0 spiro atoms. The monoisotopic (exact) mass is 211 g/mol. The maximum absolute atomic E-state index is 13.1. The van der Waals surface area contributed by atoms with Gasteiger partial charge in [0.05, 0.1) is 5.56 Å². The molecule has 0 aliphatic rings. The standard InChI is InChI=1S/C11H14FNO2/c1-15-8-4-7-13-11(14)9-5-2-3-6-10(9)12/h2-3,5-6H,4,7-8H2,1H3,(H,13,14). The molecular weight excluding hydrogens is 197 g/mol. The Kier molecular flexibility index (Phi) is 4.77. The van der Waals surface area contributed by atoms with Crippen molar-refractivity contribution in [3.8, 4) is 0 Å². The van der Waals surface area contributed by atoms with Crippen LogP contribution in [-0.2, 0) is 4.74 Å². The van der Waals surface area contributed by atoms with Gasteiger partial charge < -0.3 is 10.1 Å². The quantitative estimate of drug-likeness (QED) is 0.751. The summed E-state index contributed by atoms with van der Waals surface area (Å²) in [5.74, 6) is -0.883. The van der Waals surface area contributed by atoms with Gasteiger partial charge in [0.2, 0.25) is 0 Å². The first-order chi connectivity index (χ1) is 7.25. The number of carbonyl (C=O) groups is 1. The number of carbonyl (C=O) groups excluding carboxylic acids is 1. The van der Waals surface area contributed by atoms with E-state index in [0.717, 1.165) is 6.42 Å². The summed E-state index contributed by atoms with van der Waals surface area (Å²) in [7, 11) is 1.60. The normalized spacial score (nSPS) is 10.0. The third-order valence-electron chi connectivity index (χ3n) is 1.93. The zero-order valence-corrected chi connectivity index (χ0v) is 8.63. The van der Waals surface area contributed by atoms with Gasteiger partial charge in [-0.05, 0) is 18.6 Å². The molecule has 0 radical (unpaired) electrons. The van der Waals surface area contributed by atoms with Crippen molar-refractivity contribution in [2.75, 3.05) is 20.3 Å². The molecule has 4 heteroatoms. The van der Waals surface area contributed by atoms with Crippen molar-refractivity contribution in [1.29, 1.82) is 0 Å². The van der Waals surface area contributed by atoms with Gasteiger partial charge in [0, 0.05) is 20.3 Å². The molecule has 1 aromatic carbocycles. The fourth-order valence-electron chi connectivity index (χ4n) is 1.16. The molecule has 1 N–H and O–H groups in total. The van der Waals surface area contributed by atoms with Crippen LogP contribution in [0.15, 0.2) is 24.3 Å². The van der Waals surface area contributed by atoms with Gasteiger partial charge in [-0.1, -0.05) is 12.1 Å². The van der Waals surface area contributed by atoms with Crippen molar-refractivity contribution >= 4 is 5.91 Å². The Bertz CT molecular complexity index is 328. The summed E-state index contributed by atoms with van der Waals surface area (Å²) in [6.07, 6.45) is 0.719. The van der Waals surface area contributed by atoms with E-state index < -0.39 is 5.82 Å². The third kappa shape index (κ3) is 3.67. The highest BCUT2D eigenvalue weighted by atomic mass is 19.1. The fraction of sp³-hybridized carbons (Fsp3) is 0.364. The number of ether oxygens (including phenoxy) is 1. The minimum atomic E-state index is -0.498. The molecule has 1 amide bonds. The molecule has 0 aliphatic heterocycles. The maximum Gasteiger partial charge on any atom is 0.254 e. The molecule has 0 heterocycles. The molecule has 1 aromatic rings. The predicted molar refractivity (Wildman–Crippen MR) is 55.2 cm³/mol. The summed E-state index contributed by atoms with van der Waals surface area (Å²) >= 11 is 0. The van der Waals surface area contributed by atoms with Crippen LogP contribution in [0.5, 0.6) is 0 Å². The van der Waals surface area contributed by atoms with Crippen LogP contribution in [0.2, 0.25) is 0 Å². The van der Waals surface area contributed by atoms with Gasteiger partial charge in [-0.3, -0.25) is 4.79 Å². The lowest BCUT2D eigenvalue weighted by Gasteiger charge is -2.05. The lowest BCUT2D eigenvalue weighted by Crippen LogP contribution is -2.26. The third-order valence-corrected chi connectivity index (χ3v) is 1.93. The smallest absolute Gasteiger partial charge is 0.254 e. The highest BCUT2D eigenvalue weighted by molar-refractivity contribution is 5.94. The molecule has 0 aliphatic carbocycles. The van der Waals surface area contributed by atoms with E-state index in [1.807, 2.05) is 0 Å². The van der Waals surface area contributed by atoms with E-state index in [4.69, 9.17) is 4.74 Å². The Labute approximate surface area is 88.2 Å². The molecule has 15 heavy (non-hydrogen) atoms. The molecule has 0 fully saturated rings.